The van der Waals surface area contributed by atoms with Gasteiger partial charge in [-0.15, -0.1) is 11.8 Å². The van der Waals surface area contributed by atoms with Gasteiger partial charge < -0.3 is 15.5 Å². The number of nitrogens with zero attached hydrogens (tertiary/aromatic N) is 4. The number of hydrogen-bond acceptors (Lipinski definition) is 5. The van der Waals surface area contributed by atoms with Gasteiger partial charge in [0.25, 0.3) is 0 Å². The molecule has 24 heavy (non-hydrogen) atoms. The van der Waals surface area contributed by atoms with Crippen LogP contribution in [-0.4, -0.2) is 28.9 Å². The summed E-state index contributed by atoms with van der Waals surface area (Å²) < 4.78 is 1.98. The van der Waals surface area contributed by atoms with Gasteiger partial charge >= 0.3 is 0 Å². The predicted molar refractivity (Wildman–Crippen MR) is 101 cm³/mol. The number of rotatable bonds is 3. The van der Waals surface area contributed by atoms with Crippen LogP contribution < -0.4 is 15.5 Å². The van der Waals surface area contributed by atoms with Gasteiger partial charge in [0.1, 0.15) is 11.1 Å². The van der Waals surface area contributed by atoms with Crippen LogP contribution in [0.15, 0.2) is 48.1 Å². The van der Waals surface area contributed by atoms with Gasteiger partial charge in [0.15, 0.2) is 5.82 Å². The molecular formula is C18H23N5S. The minimum absolute atomic E-state index is 0.245. The van der Waals surface area contributed by atoms with Crippen molar-refractivity contribution in [2.75, 3.05) is 22.9 Å². The Balaban J connectivity index is 1.68. The van der Waals surface area contributed by atoms with E-state index >= 15 is 0 Å². The van der Waals surface area contributed by atoms with Crippen LogP contribution in [0.3, 0.4) is 0 Å². The van der Waals surface area contributed by atoms with Crippen LogP contribution in [0, 0.1) is 0 Å². The molecule has 2 aromatic rings. The molecular weight excluding hydrogens is 318 g/mol. The lowest BCUT2D eigenvalue weighted by Gasteiger charge is -2.35. The van der Waals surface area contributed by atoms with Crippen LogP contribution in [-0.2, 0) is 7.05 Å². The van der Waals surface area contributed by atoms with Crippen LogP contribution in [0.4, 0.5) is 11.5 Å². The molecule has 0 spiro atoms. The lowest BCUT2D eigenvalue weighted by atomic mass is 10.1. The number of nitrogens with two attached hydrogens (primary N) is 1. The van der Waals surface area contributed by atoms with Crippen LogP contribution >= 0.6 is 11.8 Å². The number of aromatic nitrogens is 2. The van der Waals surface area contributed by atoms with Crippen molar-refractivity contribution in [1.29, 1.82) is 0 Å². The fourth-order valence-electron chi connectivity index (χ4n) is 3.55. The third kappa shape index (κ3) is 2.80. The first kappa shape index (κ1) is 15.6. The number of aryl methyl sites for hydroxylation is 1. The van der Waals surface area contributed by atoms with E-state index in [4.69, 9.17) is 5.73 Å². The third-order valence-corrected chi connectivity index (χ3v) is 5.73. The van der Waals surface area contributed by atoms with E-state index in [2.05, 4.69) is 56.8 Å². The monoisotopic (exact) mass is 341 g/mol. The molecule has 0 bridgehead atoms. The van der Waals surface area contributed by atoms with E-state index in [1.807, 2.05) is 29.7 Å². The average molecular weight is 341 g/mol. The van der Waals surface area contributed by atoms with E-state index in [-0.39, 0.29) is 11.4 Å². The first-order valence-corrected chi connectivity index (χ1v) is 9.36. The molecule has 0 saturated carbocycles. The molecule has 1 aromatic heterocycles. The average Bonchev–Trinajstić information content (AvgIpc) is 3.22. The molecule has 126 valence electrons. The molecule has 2 N–H and O–H groups in total. The quantitative estimate of drug-likeness (QED) is 0.930. The zero-order valence-corrected chi connectivity index (χ0v) is 14.7. The molecule has 5 nitrogen and oxygen atoms in total. The van der Waals surface area contributed by atoms with E-state index in [1.54, 1.807) is 0 Å². The summed E-state index contributed by atoms with van der Waals surface area (Å²) in [5.41, 5.74) is 8.66. The first-order chi connectivity index (χ1) is 11.7. The van der Waals surface area contributed by atoms with Crippen molar-refractivity contribution in [2.24, 2.45) is 12.8 Å². The molecule has 3 heterocycles. The highest BCUT2D eigenvalue weighted by molar-refractivity contribution is 8.02. The number of piperidine rings is 1. The highest BCUT2D eigenvalue weighted by Gasteiger charge is 2.30. The summed E-state index contributed by atoms with van der Waals surface area (Å²) in [5.74, 6) is 1.17. The molecule has 2 atom stereocenters. The lowest BCUT2D eigenvalue weighted by molar-refractivity contribution is 0.497. The van der Waals surface area contributed by atoms with Crippen LogP contribution in [0.1, 0.15) is 23.8 Å². The van der Waals surface area contributed by atoms with Gasteiger partial charge in [0.05, 0.1) is 6.20 Å². The lowest BCUT2D eigenvalue weighted by Crippen LogP contribution is -2.44. The smallest absolute Gasteiger partial charge is 0.150 e. The van der Waals surface area contributed by atoms with Crippen molar-refractivity contribution >= 4 is 23.3 Å². The standard InChI is InChI=1S/C18H23N5S/c1-21-17(22-9-5-8-15(19)13-22)16(12-20-21)23-10-11-24-18(23)14-6-3-2-4-7-14/h2-4,6-7,10-12,15,18H,5,8-9,13,19H2,1H3. The fourth-order valence-corrected chi connectivity index (χ4v) is 4.53. The molecule has 0 aliphatic carbocycles. The van der Waals surface area contributed by atoms with E-state index in [0.29, 0.717) is 0 Å². The van der Waals surface area contributed by atoms with Crippen LogP contribution in [0.5, 0.6) is 0 Å². The second kappa shape index (κ2) is 6.53. The van der Waals surface area contributed by atoms with Crippen LogP contribution in [0.25, 0.3) is 0 Å². The summed E-state index contributed by atoms with van der Waals surface area (Å²) >= 11 is 1.83. The Morgan fingerprint density at radius 3 is 2.88 bits per heavy atom. The molecule has 0 radical (unpaired) electrons. The Labute approximate surface area is 147 Å². The van der Waals surface area contributed by atoms with Gasteiger partial charge in [-0.1, -0.05) is 30.3 Å². The van der Waals surface area contributed by atoms with Crippen molar-refractivity contribution in [3.8, 4) is 0 Å². The van der Waals surface area contributed by atoms with Crippen molar-refractivity contribution in [1.82, 2.24) is 9.78 Å². The summed E-state index contributed by atoms with van der Waals surface area (Å²) in [4.78, 5) is 4.71. The second-order valence-electron chi connectivity index (χ2n) is 6.42. The van der Waals surface area contributed by atoms with Gasteiger partial charge in [0, 0.05) is 32.4 Å². The van der Waals surface area contributed by atoms with E-state index in [0.717, 1.165) is 31.6 Å². The van der Waals surface area contributed by atoms with Crippen molar-refractivity contribution in [3.05, 3.63) is 53.7 Å². The largest absolute Gasteiger partial charge is 0.354 e. The minimum Gasteiger partial charge on any atom is -0.354 e. The zero-order valence-electron chi connectivity index (χ0n) is 13.9. The normalized spacial score (nSPS) is 23.9. The Kier molecular flexibility index (Phi) is 4.24. The van der Waals surface area contributed by atoms with E-state index < -0.39 is 0 Å². The summed E-state index contributed by atoms with van der Waals surface area (Å²) in [6.07, 6.45) is 6.38. The fraction of sp³-hybridized carbons (Fsp3) is 0.389. The van der Waals surface area contributed by atoms with Gasteiger partial charge in [-0.05, 0) is 23.8 Å². The molecule has 2 aliphatic heterocycles. The number of anilines is 2. The molecule has 1 aromatic carbocycles. The third-order valence-electron chi connectivity index (χ3n) is 4.69. The molecule has 2 aliphatic rings. The van der Waals surface area contributed by atoms with Gasteiger partial charge in [0.2, 0.25) is 0 Å². The summed E-state index contributed by atoms with van der Waals surface area (Å²) in [5, 5.41) is 6.96. The number of benzene rings is 1. The predicted octanol–water partition coefficient (Wildman–Crippen LogP) is 3.07. The van der Waals surface area contributed by atoms with Gasteiger partial charge in [-0.3, -0.25) is 4.68 Å². The highest BCUT2D eigenvalue weighted by atomic mass is 32.2. The van der Waals surface area contributed by atoms with Gasteiger partial charge in [-0.25, -0.2) is 0 Å². The molecule has 1 fully saturated rings. The van der Waals surface area contributed by atoms with E-state index in [9.17, 15) is 0 Å². The van der Waals surface area contributed by atoms with E-state index in [1.165, 1.54) is 11.4 Å². The van der Waals surface area contributed by atoms with Crippen LogP contribution in [0.2, 0.25) is 0 Å². The minimum atomic E-state index is 0.245. The maximum atomic E-state index is 6.20. The van der Waals surface area contributed by atoms with Crippen molar-refractivity contribution in [3.63, 3.8) is 0 Å². The Morgan fingerprint density at radius 1 is 1.25 bits per heavy atom. The Morgan fingerprint density at radius 2 is 2.08 bits per heavy atom. The highest BCUT2D eigenvalue weighted by Crippen LogP contribution is 2.45. The van der Waals surface area contributed by atoms with Crippen molar-refractivity contribution < 1.29 is 0 Å². The number of thioether (sulfide) groups is 1. The maximum absolute atomic E-state index is 6.20. The molecule has 6 heteroatoms. The summed E-state index contributed by atoms with van der Waals surface area (Å²) in [6, 6.07) is 10.9. The molecule has 4 rings (SSSR count). The number of hydrogen-bond donors (Lipinski definition) is 1. The second-order valence-corrected chi connectivity index (χ2v) is 7.41. The zero-order chi connectivity index (χ0) is 16.5. The molecule has 0 amide bonds. The van der Waals surface area contributed by atoms with Gasteiger partial charge in [-0.2, -0.15) is 5.10 Å². The SMILES string of the molecule is Cn1ncc(N2C=CSC2c2ccccc2)c1N1CCCC(N)C1. The first-order valence-electron chi connectivity index (χ1n) is 8.42. The maximum Gasteiger partial charge on any atom is 0.150 e. The topological polar surface area (TPSA) is 50.3 Å². The Hall–Kier alpha value is -1.92. The van der Waals surface area contributed by atoms with Crippen molar-refractivity contribution in [2.45, 2.75) is 24.3 Å². The Bertz CT molecular complexity index is 726. The molecule has 2 unspecified atom stereocenters. The molecule has 1 saturated heterocycles. The summed E-state index contributed by atoms with van der Waals surface area (Å²) in [6.45, 7) is 1.94. The summed E-state index contributed by atoms with van der Waals surface area (Å²) in [7, 11) is 2.02.